The van der Waals surface area contributed by atoms with Crippen LogP contribution in [0.5, 0.6) is 0 Å². The van der Waals surface area contributed by atoms with Gasteiger partial charge in [-0.1, -0.05) is 54.1 Å². The van der Waals surface area contributed by atoms with Gasteiger partial charge in [0, 0.05) is 17.5 Å². The van der Waals surface area contributed by atoms with E-state index in [-0.39, 0.29) is 17.9 Å². The van der Waals surface area contributed by atoms with Crippen molar-refractivity contribution in [3.05, 3.63) is 101 Å². The van der Waals surface area contributed by atoms with Crippen molar-refractivity contribution in [3.63, 3.8) is 0 Å². The second kappa shape index (κ2) is 11.7. The van der Waals surface area contributed by atoms with Gasteiger partial charge in [-0.25, -0.2) is 17.8 Å². The SMILES string of the molecule is Cc1ccc(-c2csc(NC(=O)COC(=O)CC3c4ccccc4CCN3S(=O)(=O)c3ccc(F)cc3)n2)cc1. The molecule has 1 atom stereocenters. The van der Waals surface area contributed by atoms with Gasteiger partial charge in [-0.15, -0.1) is 11.3 Å². The third-order valence-corrected chi connectivity index (χ3v) is 9.29. The topological polar surface area (TPSA) is 106 Å². The van der Waals surface area contributed by atoms with Crippen LogP contribution in [0.1, 0.15) is 29.2 Å². The Morgan fingerprint density at radius 3 is 2.55 bits per heavy atom. The van der Waals surface area contributed by atoms with Gasteiger partial charge in [0.2, 0.25) is 10.0 Å². The average molecular weight is 580 g/mol. The lowest BCUT2D eigenvalue weighted by atomic mass is 9.92. The molecule has 0 saturated heterocycles. The number of benzene rings is 3. The van der Waals surface area contributed by atoms with Crippen molar-refractivity contribution >= 4 is 38.4 Å². The highest BCUT2D eigenvalue weighted by molar-refractivity contribution is 7.89. The number of esters is 1. The summed E-state index contributed by atoms with van der Waals surface area (Å²) < 4.78 is 46.9. The molecule has 0 fully saturated rings. The molecule has 1 amide bonds. The molecule has 0 bridgehead atoms. The number of hydrogen-bond donors (Lipinski definition) is 1. The number of aryl methyl sites for hydroxylation is 1. The monoisotopic (exact) mass is 579 g/mol. The van der Waals surface area contributed by atoms with Gasteiger partial charge in [0.15, 0.2) is 11.7 Å². The van der Waals surface area contributed by atoms with Crippen molar-refractivity contribution in [2.45, 2.75) is 30.7 Å². The molecular formula is C29H26FN3O5S2. The van der Waals surface area contributed by atoms with Crippen molar-refractivity contribution in [3.8, 4) is 11.3 Å². The summed E-state index contributed by atoms with van der Waals surface area (Å²) in [6, 6.07) is 18.9. The first-order valence-corrected chi connectivity index (χ1v) is 14.9. The first kappa shape index (κ1) is 27.6. The highest BCUT2D eigenvalue weighted by Gasteiger charge is 2.38. The molecular weight excluding hydrogens is 553 g/mol. The fraction of sp³-hybridized carbons (Fsp3) is 0.207. The molecule has 1 aliphatic heterocycles. The van der Waals surface area contributed by atoms with E-state index in [1.165, 1.54) is 27.8 Å². The molecule has 3 aromatic carbocycles. The van der Waals surface area contributed by atoms with Crippen molar-refractivity contribution in [2.75, 3.05) is 18.5 Å². The minimum atomic E-state index is -4.04. The van der Waals surface area contributed by atoms with Crippen LogP contribution in [0, 0.1) is 12.7 Å². The van der Waals surface area contributed by atoms with Crippen LogP contribution in [0.25, 0.3) is 11.3 Å². The summed E-state index contributed by atoms with van der Waals surface area (Å²) >= 11 is 1.25. The Bertz CT molecular complexity index is 1640. The van der Waals surface area contributed by atoms with Gasteiger partial charge in [0.25, 0.3) is 5.91 Å². The normalized spacial score (nSPS) is 15.3. The lowest BCUT2D eigenvalue weighted by Gasteiger charge is -2.36. The molecule has 8 nitrogen and oxygen atoms in total. The summed E-state index contributed by atoms with van der Waals surface area (Å²) in [6.07, 6.45) is 0.169. The van der Waals surface area contributed by atoms with Gasteiger partial charge >= 0.3 is 5.97 Å². The third kappa shape index (κ3) is 6.11. The number of rotatable bonds is 8. The van der Waals surface area contributed by atoms with Gasteiger partial charge in [0.05, 0.1) is 23.1 Å². The van der Waals surface area contributed by atoms with E-state index < -0.39 is 40.4 Å². The smallest absolute Gasteiger partial charge is 0.308 e. The molecule has 2 heterocycles. The zero-order chi connectivity index (χ0) is 28.3. The van der Waals surface area contributed by atoms with E-state index in [2.05, 4.69) is 10.3 Å². The zero-order valence-corrected chi connectivity index (χ0v) is 23.2. The van der Waals surface area contributed by atoms with E-state index >= 15 is 0 Å². The van der Waals surface area contributed by atoms with Crippen LogP contribution < -0.4 is 5.32 Å². The standard InChI is InChI=1S/C29H26FN3O5S2/c1-19-6-8-21(9-7-19)25-18-39-29(31-25)32-27(34)17-38-28(35)16-26-24-5-3-2-4-20(24)14-15-33(26)40(36,37)23-12-10-22(30)11-13-23/h2-13,18,26H,14-17H2,1H3,(H,31,32,34). The molecule has 5 rings (SSSR count). The highest BCUT2D eigenvalue weighted by atomic mass is 32.2. The first-order valence-electron chi connectivity index (χ1n) is 12.5. The van der Waals surface area contributed by atoms with Crippen LogP contribution in [0.15, 0.2) is 83.1 Å². The van der Waals surface area contributed by atoms with Gasteiger partial charge in [0.1, 0.15) is 5.82 Å². The lowest BCUT2D eigenvalue weighted by molar-refractivity contribution is -0.148. The molecule has 0 aliphatic carbocycles. The molecule has 206 valence electrons. The Labute approximate surface area is 235 Å². The third-order valence-electron chi connectivity index (χ3n) is 6.61. The molecule has 0 saturated carbocycles. The maximum Gasteiger partial charge on any atom is 0.308 e. The lowest BCUT2D eigenvalue weighted by Crippen LogP contribution is -2.41. The van der Waals surface area contributed by atoms with Crippen LogP contribution in [-0.4, -0.2) is 42.7 Å². The Morgan fingerprint density at radius 2 is 1.80 bits per heavy atom. The predicted octanol–water partition coefficient (Wildman–Crippen LogP) is 5.12. The molecule has 1 aliphatic rings. The Morgan fingerprint density at radius 1 is 1.07 bits per heavy atom. The van der Waals surface area contributed by atoms with Gasteiger partial charge in [-0.05, 0) is 48.7 Å². The number of nitrogens with one attached hydrogen (secondary N) is 1. The van der Waals surface area contributed by atoms with Gasteiger partial charge in [-0.3, -0.25) is 14.9 Å². The minimum absolute atomic E-state index is 0.0699. The van der Waals surface area contributed by atoms with Crippen LogP contribution in [-0.2, 0) is 30.8 Å². The Balaban J connectivity index is 1.25. The first-order chi connectivity index (χ1) is 19.2. The molecule has 40 heavy (non-hydrogen) atoms. The summed E-state index contributed by atoms with van der Waals surface area (Å²) in [7, 11) is -4.04. The molecule has 1 N–H and O–H groups in total. The van der Waals surface area contributed by atoms with Crippen molar-refractivity contribution in [1.29, 1.82) is 0 Å². The number of carbonyl (C=O) groups excluding carboxylic acids is 2. The summed E-state index contributed by atoms with van der Waals surface area (Å²) in [5.41, 5.74) is 4.38. The minimum Gasteiger partial charge on any atom is -0.456 e. The molecule has 0 radical (unpaired) electrons. The number of thiazole rings is 1. The van der Waals surface area contributed by atoms with E-state index in [4.69, 9.17) is 4.74 Å². The average Bonchev–Trinajstić information content (AvgIpc) is 3.41. The molecule has 0 spiro atoms. The fourth-order valence-electron chi connectivity index (χ4n) is 4.58. The second-order valence-electron chi connectivity index (χ2n) is 9.35. The number of fused-ring (bicyclic) bond motifs is 1. The van der Waals surface area contributed by atoms with Crippen molar-refractivity contribution in [2.24, 2.45) is 0 Å². The van der Waals surface area contributed by atoms with Crippen molar-refractivity contribution < 1.29 is 27.1 Å². The van der Waals surface area contributed by atoms with E-state index in [9.17, 15) is 22.4 Å². The summed E-state index contributed by atoms with van der Waals surface area (Å²) in [6.45, 7) is 1.59. The summed E-state index contributed by atoms with van der Waals surface area (Å²) in [4.78, 5) is 29.7. The number of nitrogens with zero attached hydrogens (tertiary/aromatic N) is 2. The van der Waals surface area contributed by atoms with E-state index in [0.29, 0.717) is 17.1 Å². The maximum atomic E-state index is 13.5. The van der Waals surface area contributed by atoms with E-state index in [0.717, 1.165) is 34.5 Å². The van der Waals surface area contributed by atoms with Crippen molar-refractivity contribution in [1.82, 2.24) is 9.29 Å². The zero-order valence-electron chi connectivity index (χ0n) is 21.5. The van der Waals surface area contributed by atoms with Gasteiger partial charge in [-0.2, -0.15) is 4.31 Å². The molecule has 1 aromatic heterocycles. The van der Waals surface area contributed by atoms with E-state index in [1.54, 1.807) is 12.1 Å². The van der Waals surface area contributed by atoms with Crippen LogP contribution >= 0.6 is 11.3 Å². The largest absolute Gasteiger partial charge is 0.456 e. The Kier molecular flexibility index (Phi) is 8.06. The van der Waals surface area contributed by atoms with E-state index in [1.807, 2.05) is 48.7 Å². The number of aromatic nitrogens is 1. The quantitative estimate of drug-likeness (QED) is 0.291. The number of ether oxygens (including phenoxy) is 1. The molecule has 4 aromatic rings. The molecule has 11 heteroatoms. The van der Waals surface area contributed by atoms with Crippen LogP contribution in [0.2, 0.25) is 0 Å². The number of hydrogen-bond acceptors (Lipinski definition) is 7. The number of anilines is 1. The summed E-state index contributed by atoms with van der Waals surface area (Å²) in [5.74, 6) is -1.83. The highest BCUT2D eigenvalue weighted by Crippen LogP contribution is 2.36. The second-order valence-corrected chi connectivity index (χ2v) is 12.1. The Hall–Kier alpha value is -3.93. The van der Waals surface area contributed by atoms with Crippen LogP contribution in [0.3, 0.4) is 0 Å². The maximum absolute atomic E-state index is 13.5. The number of halogens is 1. The fourth-order valence-corrected chi connectivity index (χ4v) is 6.92. The molecule has 1 unspecified atom stereocenters. The number of sulfonamides is 1. The number of amides is 1. The predicted molar refractivity (Wildman–Crippen MR) is 150 cm³/mol. The summed E-state index contributed by atoms with van der Waals surface area (Å²) in [5, 5.41) is 4.82. The number of carbonyl (C=O) groups is 2. The van der Waals surface area contributed by atoms with Gasteiger partial charge < -0.3 is 4.74 Å². The van der Waals surface area contributed by atoms with Crippen LogP contribution in [0.4, 0.5) is 9.52 Å².